The highest BCUT2D eigenvalue weighted by Gasteiger charge is 2.17. The third-order valence-electron chi connectivity index (χ3n) is 4.53. The Kier molecular flexibility index (Phi) is 6.63. The predicted molar refractivity (Wildman–Crippen MR) is 114 cm³/mol. The van der Waals surface area contributed by atoms with Gasteiger partial charge in [-0.2, -0.15) is 9.36 Å². The Labute approximate surface area is 164 Å². The van der Waals surface area contributed by atoms with Crippen molar-refractivity contribution in [1.82, 2.24) is 18.9 Å². The fourth-order valence-corrected chi connectivity index (χ4v) is 3.98. The standard InChI is InChI=1S/C17H22N6S.C2H7N/c1-11-10-14(24-22-11)20-17-19-13-8-9-23(2)15(13)16(21-17)18-12-6-4-3-5-7-12;1-2-3/h8-10,12H,3-7H2,1-2H3,(H2,18,19,20,21);2-3H2,1H3. The smallest absolute Gasteiger partial charge is 0.230 e. The fourth-order valence-electron chi connectivity index (χ4n) is 3.32. The highest BCUT2D eigenvalue weighted by atomic mass is 32.1. The molecule has 0 saturated heterocycles. The van der Waals surface area contributed by atoms with Gasteiger partial charge >= 0.3 is 0 Å². The van der Waals surface area contributed by atoms with E-state index in [1.165, 1.54) is 43.6 Å². The molecule has 0 aliphatic heterocycles. The van der Waals surface area contributed by atoms with E-state index in [9.17, 15) is 0 Å². The lowest BCUT2D eigenvalue weighted by Crippen LogP contribution is -2.23. The van der Waals surface area contributed by atoms with Crippen molar-refractivity contribution in [2.24, 2.45) is 12.8 Å². The van der Waals surface area contributed by atoms with Crippen LogP contribution in [-0.2, 0) is 7.05 Å². The van der Waals surface area contributed by atoms with Crippen LogP contribution in [0.2, 0.25) is 0 Å². The van der Waals surface area contributed by atoms with Gasteiger partial charge in [-0.15, -0.1) is 0 Å². The van der Waals surface area contributed by atoms with Gasteiger partial charge in [0.1, 0.15) is 10.5 Å². The molecule has 0 radical (unpaired) electrons. The highest BCUT2D eigenvalue weighted by Crippen LogP contribution is 2.28. The molecule has 4 rings (SSSR count). The van der Waals surface area contributed by atoms with Gasteiger partial charge < -0.3 is 20.9 Å². The molecule has 1 fully saturated rings. The van der Waals surface area contributed by atoms with E-state index in [0.29, 0.717) is 12.0 Å². The molecule has 1 aliphatic rings. The summed E-state index contributed by atoms with van der Waals surface area (Å²) in [5.74, 6) is 1.54. The van der Waals surface area contributed by atoms with Gasteiger partial charge in [0.2, 0.25) is 5.95 Å². The van der Waals surface area contributed by atoms with Gasteiger partial charge in [-0.1, -0.05) is 26.2 Å². The van der Waals surface area contributed by atoms with Gasteiger partial charge in [-0.05, 0) is 50.0 Å². The van der Waals surface area contributed by atoms with Crippen molar-refractivity contribution < 1.29 is 0 Å². The Bertz CT molecular complexity index is 864. The van der Waals surface area contributed by atoms with Crippen LogP contribution in [0.3, 0.4) is 0 Å². The van der Waals surface area contributed by atoms with E-state index < -0.39 is 0 Å². The van der Waals surface area contributed by atoms with Crippen molar-refractivity contribution in [2.45, 2.75) is 52.0 Å². The second-order valence-electron chi connectivity index (χ2n) is 6.90. The fraction of sp³-hybridized carbons (Fsp3) is 0.526. The van der Waals surface area contributed by atoms with E-state index in [0.717, 1.165) is 34.1 Å². The topological polar surface area (TPSA) is 93.7 Å². The normalized spacial score (nSPS) is 14.7. The molecule has 0 atom stereocenters. The monoisotopic (exact) mass is 387 g/mol. The van der Waals surface area contributed by atoms with Crippen molar-refractivity contribution in [2.75, 3.05) is 17.2 Å². The van der Waals surface area contributed by atoms with E-state index in [1.807, 2.05) is 39.2 Å². The van der Waals surface area contributed by atoms with E-state index in [2.05, 4.69) is 24.6 Å². The second-order valence-corrected chi connectivity index (χ2v) is 7.71. The summed E-state index contributed by atoms with van der Waals surface area (Å²) in [5, 5.41) is 7.91. The van der Waals surface area contributed by atoms with Crippen molar-refractivity contribution in [3.63, 3.8) is 0 Å². The highest BCUT2D eigenvalue weighted by molar-refractivity contribution is 7.10. The zero-order valence-corrected chi connectivity index (χ0v) is 17.1. The van der Waals surface area contributed by atoms with Crippen LogP contribution in [-0.4, -0.2) is 31.5 Å². The van der Waals surface area contributed by atoms with Crippen LogP contribution < -0.4 is 16.4 Å². The first kappa shape index (κ1) is 19.6. The summed E-state index contributed by atoms with van der Waals surface area (Å²) < 4.78 is 6.38. The lowest BCUT2D eigenvalue weighted by Gasteiger charge is -2.24. The minimum Gasteiger partial charge on any atom is -0.365 e. The van der Waals surface area contributed by atoms with Crippen LogP contribution in [0.15, 0.2) is 18.3 Å². The summed E-state index contributed by atoms with van der Waals surface area (Å²) in [6.07, 6.45) is 8.40. The van der Waals surface area contributed by atoms with Gasteiger partial charge in [0, 0.05) is 19.3 Å². The lowest BCUT2D eigenvalue weighted by atomic mass is 9.95. The average Bonchev–Trinajstić information content (AvgIpc) is 3.22. The van der Waals surface area contributed by atoms with Crippen molar-refractivity contribution >= 4 is 39.3 Å². The number of hydrogen-bond acceptors (Lipinski definition) is 7. The van der Waals surface area contributed by atoms with Crippen LogP contribution in [0.5, 0.6) is 0 Å². The molecule has 3 aromatic rings. The molecule has 0 aromatic carbocycles. The zero-order chi connectivity index (χ0) is 19.2. The second kappa shape index (κ2) is 9.14. The van der Waals surface area contributed by atoms with Gasteiger partial charge in [-0.3, -0.25) is 0 Å². The number of fused-ring (bicyclic) bond motifs is 1. The molecular weight excluding hydrogens is 358 g/mol. The van der Waals surface area contributed by atoms with Crippen LogP contribution >= 0.6 is 11.5 Å². The van der Waals surface area contributed by atoms with Crippen molar-refractivity contribution in [3.8, 4) is 0 Å². The summed E-state index contributed by atoms with van der Waals surface area (Å²) in [7, 11) is 2.04. The Balaban J connectivity index is 0.000000659. The summed E-state index contributed by atoms with van der Waals surface area (Å²) in [6, 6.07) is 4.55. The van der Waals surface area contributed by atoms with E-state index in [1.54, 1.807) is 0 Å². The third-order valence-corrected chi connectivity index (χ3v) is 5.32. The molecule has 3 aromatic heterocycles. The van der Waals surface area contributed by atoms with Gasteiger partial charge in [0.15, 0.2) is 5.82 Å². The average molecular weight is 388 g/mol. The van der Waals surface area contributed by atoms with Crippen molar-refractivity contribution in [3.05, 3.63) is 24.0 Å². The Morgan fingerprint density at radius 3 is 2.67 bits per heavy atom. The number of aromatic nitrogens is 4. The number of nitrogens with zero attached hydrogens (tertiary/aromatic N) is 4. The molecule has 27 heavy (non-hydrogen) atoms. The molecule has 0 unspecified atom stereocenters. The maximum atomic E-state index is 4.85. The van der Waals surface area contributed by atoms with Crippen molar-refractivity contribution in [1.29, 1.82) is 0 Å². The molecule has 1 aliphatic carbocycles. The molecule has 0 spiro atoms. The van der Waals surface area contributed by atoms with E-state index in [4.69, 9.17) is 10.7 Å². The van der Waals surface area contributed by atoms with E-state index in [-0.39, 0.29) is 0 Å². The number of rotatable bonds is 4. The Morgan fingerprint density at radius 2 is 2.00 bits per heavy atom. The minimum atomic E-state index is 0.505. The first-order valence-corrected chi connectivity index (χ1v) is 10.4. The molecule has 1 saturated carbocycles. The maximum absolute atomic E-state index is 4.85. The minimum absolute atomic E-state index is 0.505. The molecule has 0 bridgehead atoms. The van der Waals surface area contributed by atoms with E-state index >= 15 is 0 Å². The zero-order valence-electron chi connectivity index (χ0n) is 16.3. The maximum Gasteiger partial charge on any atom is 0.230 e. The number of nitrogens with two attached hydrogens (primary N) is 1. The largest absolute Gasteiger partial charge is 0.365 e. The Hall–Kier alpha value is -2.19. The van der Waals surface area contributed by atoms with Crippen LogP contribution in [0.25, 0.3) is 11.0 Å². The molecular formula is C19H29N7S. The summed E-state index contributed by atoms with van der Waals surface area (Å²) >= 11 is 1.43. The third kappa shape index (κ3) is 4.95. The van der Waals surface area contributed by atoms with Gasteiger partial charge in [0.25, 0.3) is 0 Å². The summed E-state index contributed by atoms with van der Waals surface area (Å²) in [5.41, 5.74) is 7.87. The number of hydrogen-bond donors (Lipinski definition) is 3. The number of aryl methyl sites for hydroxylation is 2. The summed E-state index contributed by atoms with van der Waals surface area (Å²) in [6.45, 7) is 4.64. The number of nitrogens with one attached hydrogen (secondary N) is 2. The van der Waals surface area contributed by atoms with Gasteiger partial charge in [0.05, 0.1) is 11.2 Å². The predicted octanol–water partition coefficient (Wildman–Crippen LogP) is 4.19. The lowest BCUT2D eigenvalue weighted by molar-refractivity contribution is 0.462. The Morgan fingerprint density at radius 1 is 1.26 bits per heavy atom. The molecule has 8 heteroatoms. The molecule has 4 N–H and O–H groups in total. The van der Waals surface area contributed by atoms with Crippen LogP contribution in [0.1, 0.15) is 44.7 Å². The van der Waals surface area contributed by atoms with Crippen LogP contribution in [0, 0.1) is 6.92 Å². The number of anilines is 3. The molecule has 0 amide bonds. The quantitative estimate of drug-likeness (QED) is 0.621. The molecule has 3 heterocycles. The first-order chi connectivity index (χ1) is 13.1. The first-order valence-electron chi connectivity index (χ1n) is 9.60. The SMILES string of the molecule is CCN.Cc1cc(Nc2nc(NC3CCCCC3)c3c(ccn3C)n2)sn1. The molecule has 7 nitrogen and oxygen atoms in total. The van der Waals surface area contributed by atoms with Crippen LogP contribution in [0.4, 0.5) is 16.8 Å². The summed E-state index contributed by atoms with van der Waals surface area (Å²) in [4.78, 5) is 9.41. The molecule has 146 valence electrons. The van der Waals surface area contributed by atoms with Gasteiger partial charge in [-0.25, -0.2) is 4.98 Å².